The molecule has 0 amide bonds. The molecular formula is C22H26N4O3S3. The summed E-state index contributed by atoms with van der Waals surface area (Å²) in [7, 11) is -3.52. The van der Waals surface area contributed by atoms with E-state index in [0.29, 0.717) is 53.8 Å². The Labute approximate surface area is 196 Å². The molecule has 1 aliphatic heterocycles. The number of benzene rings is 1. The lowest BCUT2D eigenvalue weighted by Crippen LogP contribution is -2.40. The molecule has 2 aromatic heterocycles. The summed E-state index contributed by atoms with van der Waals surface area (Å²) < 4.78 is 32.7. The summed E-state index contributed by atoms with van der Waals surface area (Å²) in [6.45, 7) is 3.93. The molecule has 170 valence electrons. The molecule has 1 aliphatic carbocycles. The number of thiophene rings is 1. The molecule has 1 aromatic carbocycles. The maximum atomic E-state index is 12.9. The zero-order valence-electron chi connectivity index (χ0n) is 17.9. The molecule has 32 heavy (non-hydrogen) atoms. The van der Waals surface area contributed by atoms with Gasteiger partial charge >= 0.3 is 0 Å². The third kappa shape index (κ3) is 4.26. The largest absolute Gasteiger partial charge is 0.383 e. The Bertz CT molecular complexity index is 1250. The van der Waals surface area contributed by atoms with Crippen LogP contribution in [0.15, 0.2) is 34.3 Å². The monoisotopic (exact) mass is 490 g/mol. The molecule has 10 heteroatoms. The summed E-state index contributed by atoms with van der Waals surface area (Å²) >= 11 is 3.22. The average Bonchev–Trinajstić information content (AvgIpc) is 3.16. The Balaban J connectivity index is 1.35. The van der Waals surface area contributed by atoms with Crippen molar-refractivity contribution in [1.29, 1.82) is 0 Å². The van der Waals surface area contributed by atoms with Crippen LogP contribution in [0, 0.1) is 5.92 Å². The average molecular weight is 491 g/mol. The van der Waals surface area contributed by atoms with Gasteiger partial charge in [0.25, 0.3) is 0 Å². The van der Waals surface area contributed by atoms with Crippen LogP contribution >= 0.6 is 23.1 Å². The maximum absolute atomic E-state index is 12.9. The summed E-state index contributed by atoms with van der Waals surface area (Å²) in [4.78, 5) is 12.0. The molecule has 0 spiro atoms. The zero-order chi connectivity index (χ0) is 22.3. The lowest BCUT2D eigenvalue weighted by Gasteiger charge is -2.26. The predicted octanol–water partition coefficient (Wildman–Crippen LogP) is 3.71. The standard InChI is InChI=1S/C22H26N4O3S3/c1-14-5-6-17-18(11-14)31-21-19(17)20(23)24-22(25-21)30-13-15-3-2-4-16(12-15)32(27,28)26-7-9-29-10-8-26/h2-4,12,14H,5-11,13H2,1H3,(H2,23,24,25). The van der Waals surface area contributed by atoms with E-state index in [1.165, 1.54) is 32.9 Å². The Kier molecular flexibility index (Phi) is 6.15. The van der Waals surface area contributed by atoms with Crippen molar-refractivity contribution in [3.8, 4) is 0 Å². The van der Waals surface area contributed by atoms with Crippen LogP contribution < -0.4 is 5.73 Å². The molecule has 7 nitrogen and oxygen atoms in total. The van der Waals surface area contributed by atoms with Gasteiger partial charge in [-0.15, -0.1) is 11.3 Å². The Hall–Kier alpha value is -1.72. The van der Waals surface area contributed by atoms with Crippen LogP contribution in [0.25, 0.3) is 10.2 Å². The number of hydrogen-bond donors (Lipinski definition) is 1. The highest BCUT2D eigenvalue weighted by molar-refractivity contribution is 7.98. The van der Waals surface area contributed by atoms with Crippen LogP contribution in [0.4, 0.5) is 5.82 Å². The fraction of sp³-hybridized carbons (Fsp3) is 0.455. The van der Waals surface area contributed by atoms with Gasteiger partial charge in [0.2, 0.25) is 10.0 Å². The van der Waals surface area contributed by atoms with Crippen molar-refractivity contribution in [2.75, 3.05) is 32.0 Å². The number of hydrogen-bond acceptors (Lipinski definition) is 8. The van der Waals surface area contributed by atoms with E-state index < -0.39 is 10.0 Å². The third-order valence-corrected chi connectivity index (χ3v) is 10.00. The number of fused-ring (bicyclic) bond motifs is 3. The Morgan fingerprint density at radius 3 is 2.91 bits per heavy atom. The Morgan fingerprint density at radius 1 is 1.28 bits per heavy atom. The minimum absolute atomic E-state index is 0.313. The number of aryl methyl sites for hydroxylation is 1. The second kappa shape index (κ2) is 8.90. The van der Waals surface area contributed by atoms with Gasteiger partial charge < -0.3 is 10.5 Å². The van der Waals surface area contributed by atoms with Crippen LogP contribution in [0.3, 0.4) is 0 Å². The molecule has 2 N–H and O–H groups in total. The summed E-state index contributed by atoms with van der Waals surface area (Å²) in [6.07, 6.45) is 3.31. The lowest BCUT2D eigenvalue weighted by atomic mass is 9.89. The topological polar surface area (TPSA) is 98.4 Å². The fourth-order valence-electron chi connectivity index (χ4n) is 4.29. The van der Waals surface area contributed by atoms with Crippen molar-refractivity contribution in [2.45, 2.75) is 42.0 Å². The number of nitrogens with two attached hydrogens (primary N) is 1. The molecule has 1 fully saturated rings. The molecule has 0 radical (unpaired) electrons. The molecule has 2 aliphatic rings. The SMILES string of the molecule is CC1CCc2c(sc3nc(SCc4cccc(S(=O)(=O)N5CCOCC5)c4)nc(N)c23)C1. The van der Waals surface area contributed by atoms with Crippen molar-refractivity contribution in [1.82, 2.24) is 14.3 Å². The normalized spacial score (nSPS) is 19.8. The van der Waals surface area contributed by atoms with E-state index in [1.54, 1.807) is 29.5 Å². The predicted molar refractivity (Wildman–Crippen MR) is 129 cm³/mol. The van der Waals surface area contributed by atoms with E-state index in [9.17, 15) is 8.42 Å². The number of rotatable bonds is 5. The molecule has 3 heterocycles. The first-order valence-corrected chi connectivity index (χ1v) is 14.0. The minimum Gasteiger partial charge on any atom is -0.383 e. The van der Waals surface area contributed by atoms with E-state index in [0.717, 1.165) is 28.6 Å². The number of sulfonamides is 1. The van der Waals surface area contributed by atoms with E-state index in [4.69, 9.17) is 15.5 Å². The molecular weight excluding hydrogens is 464 g/mol. The highest BCUT2D eigenvalue weighted by atomic mass is 32.2. The second-order valence-electron chi connectivity index (χ2n) is 8.38. The van der Waals surface area contributed by atoms with Gasteiger partial charge in [0.15, 0.2) is 5.16 Å². The fourth-order valence-corrected chi connectivity index (χ4v) is 8.02. The number of morpholine rings is 1. The Morgan fingerprint density at radius 2 is 2.09 bits per heavy atom. The summed E-state index contributed by atoms with van der Waals surface area (Å²) in [6, 6.07) is 7.11. The van der Waals surface area contributed by atoms with Crippen LogP contribution in [-0.2, 0) is 33.4 Å². The molecule has 0 saturated carbocycles. The first-order valence-electron chi connectivity index (χ1n) is 10.8. The second-order valence-corrected chi connectivity index (χ2v) is 12.3. The number of anilines is 1. The van der Waals surface area contributed by atoms with Crippen molar-refractivity contribution < 1.29 is 13.2 Å². The van der Waals surface area contributed by atoms with Crippen LogP contribution in [-0.4, -0.2) is 49.0 Å². The van der Waals surface area contributed by atoms with Gasteiger partial charge in [-0.1, -0.05) is 30.8 Å². The number of nitrogen functional groups attached to an aromatic ring is 1. The van der Waals surface area contributed by atoms with Crippen LogP contribution in [0.1, 0.15) is 29.3 Å². The van der Waals surface area contributed by atoms with Crippen molar-refractivity contribution in [3.05, 3.63) is 40.3 Å². The summed E-state index contributed by atoms with van der Waals surface area (Å²) in [5, 5.41) is 1.66. The van der Waals surface area contributed by atoms with Gasteiger partial charge in [0.05, 0.1) is 23.5 Å². The first-order chi connectivity index (χ1) is 15.4. The molecule has 1 atom stereocenters. The van der Waals surface area contributed by atoms with E-state index in [-0.39, 0.29) is 0 Å². The van der Waals surface area contributed by atoms with Gasteiger partial charge in [-0.3, -0.25) is 0 Å². The highest BCUT2D eigenvalue weighted by Crippen LogP contribution is 2.40. The molecule has 1 saturated heterocycles. The molecule has 0 bridgehead atoms. The van der Waals surface area contributed by atoms with E-state index in [2.05, 4.69) is 11.9 Å². The first kappa shape index (κ1) is 22.1. The quantitative estimate of drug-likeness (QED) is 0.430. The van der Waals surface area contributed by atoms with Crippen LogP contribution in [0.2, 0.25) is 0 Å². The van der Waals surface area contributed by atoms with Gasteiger partial charge in [-0.25, -0.2) is 18.4 Å². The highest BCUT2D eigenvalue weighted by Gasteiger charge is 2.27. The van der Waals surface area contributed by atoms with Crippen LogP contribution in [0.5, 0.6) is 0 Å². The number of nitrogens with zero attached hydrogens (tertiary/aromatic N) is 3. The van der Waals surface area contributed by atoms with E-state index >= 15 is 0 Å². The molecule has 3 aromatic rings. The molecule has 5 rings (SSSR count). The summed E-state index contributed by atoms with van der Waals surface area (Å²) in [5.74, 6) is 1.81. The lowest BCUT2D eigenvalue weighted by molar-refractivity contribution is 0.0730. The van der Waals surface area contributed by atoms with Crippen molar-refractivity contribution >= 4 is 49.2 Å². The van der Waals surface area contributed by atoms with Gasteiger partial charge in [-0.2, -0.15) is 4.31 Å². The number of aromatic nitrogens is 2. The van der Waals surface area contributed by atoms with E-state index in [1.807, 2.05) is 6.07 Å². The number of thioether (sulfide) groups is 1. The third-order valence-electron chi connectivity index (χ3n) is 6.04. The maximum Gasteiger partial charge on any atom is 0.243 e. The smallest absolute Gasteiger partial charge is 0.243 e. The van der Waals surface area contributed by atoms with Gasteiger partial charge in [-0.05, 0) is 48.4 Å². The van der Waals surface area contributed by atoms with Gasteiger partial charge in [0, 0.05) is 23.7 Å². The molecule has 1 unspecified atom stereocenters. The van der Waals surface area contributed by atoms with Gasteiger partial charge in [0.1, 0.15) is 10.6 Å². The number of ether oxygens (including phenoxy) is 1. The minimum atomic E-state index is -3.52. The van der Waals surface area contributed by atoms with Crippen molar-refractivity contribution in [2.24, 2.45) is 5.92 Å². The van der Waals surface area contributed by atoms with Crippen molar-refractivity contribution in [3.63, 3.8) is 0 Å². The summed E-state index contributed by atoms with van der Waals surface area (Å²) in [5.41, 5.74) is 8.58. The zero-order valence-corrected chi connectivity index (χ0v) is 20.4.